The van der Waals surface area contributed by atoms with Crippen molar-refractivity contribution in [2.24, 2.45) is 0 Å². The number of ketones is 1. The highest BCUT2D eigenvalue weighted by molar-refractivity contribution is 5.78. The molecule has 0 fully saturated rings. The van der Waals surface area contributed by atoms with Gasteiger partial charge in [0.25, 0.3) is 0 Å². The summed E-state index contributed by atoms with van der Waals surface area (Å²) in [5.74, 6) is 0.538. The Labute approximate surface area is 360 Å². The van der Waals surface area contributed by atoms with Crippen LogP contribution in [0, 0.1) is 0 Å². The van der Waals surface area contributed by atoms with Crippen molar-refractivity contribution >= 4 is 11.8 Å². The molecule has 3 heteroatoms. The van der Waals surface area contributed by atoms with E-state index in [9.17, 15) is 9.59 Å². The third-order valence-corrected chi connectivity index (χ3v) is 12.7. The van der Waals surface area contributed by atoms with Gasteiger partial charge in [-0.25, -0.2) is 0 Å². The third kappa shape index (κ3) is 47.7. The fourth-order valence-corrected chi connectivity index (χ4v) is 8.70. The number of Topliss-reactive ketones (excluding diaryl/α,β-unsaturated/α-hetero) is 1. The number of rotatable bonds is 50. The van der Waals surface area contributed by atoms with Crippen LogP contribution in [0.15, 0.2) is 0 Å². The lowest BCUT2D eigenvalue weighted by molar-refractivity contribution is -0.150. The van der Waals surface area contributed by atoms with E-state index in [1.807, 2.05) is 0 Å². The van der Waals surface area contributed by atoms with Crippen LogP contribution in [0.5, 0.6) is 0 Å². The molecule has 340 valence electrons. The van der Waals surface area contributed by atoms with Crippen LogP contribution in [0.1, 0.15) is 329 Å². The number of carbonyl (C=O) groups is 2. The largest absolute Gasteiger partial charge is 0.462 e. The fourth-order valence-electron chi connectivity index (χ4n) is 8.70. The van der Waals surface area contributed by atoms with Gasteiger partial charge in [0.1, 0.15) is 11.9 Å². The summed E-state index contributed by atoms with van der Waals surface area (Å²) in [6.07, 6.45) is 61.4. The molecule has 0 aromatic heterocycles. The molecule has 57 heavy (non-hydrogen) atoms. The third-order valence-electron chi connectivity index (χ3n) is 12.7. The highest BCUT2D eigenvalue weighted by atomic mass is 16.5. The van der Waals surface area contributed by atoms with Crippen molar-refractivity contribution in [3.8, 4) is 0 Å². The first-order chi connectivity index (χ1) is 28.1. The van der Waals surface area contributed by atoms with E-state index in [0.29, 0.717) is 12.2 Å². The van der Waals surface area contributed by atoms with E-state index in [2.05, 4.69) is 20.8 Å². The van der Waals surface area contributed by atoms with Crippen molar-refractivity contribution in [2.75, 3.05) is 0 Å². The molecule has 3 nitrogen and oxygen atoms in total. The summed E-state index contributed by atoms with van der Waals surface area (Å²) in [6, 6.07) is 0. The van der Waals surface area contributed by atoms with Gasteiger partial charge in [0.15, 0.2) is 0 Å². The normalized spacial score (nSPS) is 12.1. The van der Waals surface area contributed by atoms with Crippen LogP contribution in [-0.2, 0) is 14.3 Å². The molecule has 0 saturated heterocycles. The summed E-state index contributed by atoms with van der Waals surface area (Å²) >= 11 is 0. The monoisotopic (exact) mass is 803 g/mol. The molecule has 1 atom stereocenters. The minimum Gasteiger partial charge on any atom is -0.462 e. The van der Waals surface area contributed by atoms with Crippen molar-refractivity contribution in [1.29, 1.82) is 0 Å². The molecule has 0 aliphatic carbocycles. The van der Waals surface area contributed by atoms with Gasteiger partial charge in [-0.2, -0.15) is 0 Å². The van der Waals surface area contributed by atoms with Gasteiger partial charge < -0.3 is 4.74 Å². The second-order valence-electron chi connectivity index (χ2n) is 18.6. The molecular weight excluding hydrogens is 697 g/mol. The average molecular weight is 803 g/mol. The molecule has 0 aromatic rings. The molecule has 0 N–H and O–H groups in total. The Bertz CT molecular complexity index is 777. The first-order valence-corrected chi connectivity index (χ1v) is 26.8. The molecule has 1 unspecified atom stereocenters. The van der Waals surface area contributed by atoms with Gasteiger partial charge in [-0.05, 0) is 44.9 Å². The molecule has 0 bridgehead atoms. The van der Waals surface area contributed by atoms with E-state index < -0.39 is 0 Å². The summed E-state index contributed by atoms with van der Waals surface area (Å²) in [5, 5.41) is 0. The smallest absolute Gasteiger partial charge is 0.306 e. The highest BCUT2D eigenvalue weighted by Gasteiger charge is 2.14. The van der Waals surface area contributed by atoms with Crippen LogP contribution in [-0.4, -0.2) is 17.9 Å². The Morgan fingerprint density at radius 3 is 0.754 bits per heavy atom. The van der Waals surface area contributed by atoms with Gasteiger partial charge >= 0.3 is 5.97 Å². The number of hydrogen-bond donors (Lipinski definition) is 0. The van der Waals surface area contributed by atoms with Gasteiger partial charge in [-0.1, -0.05) is 265 Å². The Balaban J connectivity index is 3.89. The van der Waals surface area contributed by atoms with Crippen LogP contribution in [0.25, 0.3) is 0 Å². The van der Waals surface area contributed by atoms with Crippen LogP contribution in [0.3, 0.4) is 0 Å². The zero-order valence-electron chi connectivity index (χ0n) is 39.7. The lowest BCUT2D eigenvalue weighted by Gasteiger charge is -2.18. The van der Waals surface area contributed by atoms with Crippen LogP contribution < -0.4 is 0 Å². The van der Waals surface area contributed by atoms with E-state index in [1.165, 1.54) is 250 Å². The number of carbonyl (C=O) groups excluding carboxylic acids is 2. The Morgan fingerprint density at radius 1 is 0.281 bits per heavy atom. The molecule has 0 aliphatic heterocycles. The van der Waals surface area contributed by atoms with E-state index in [0.717, 1.165) is 51.4 Å². The summed E-state index contributed by atoms with van der Waals surface area (Å²) in [4.78, 5) is 25.2. The maximum absolute atomic E-state index is 12.8. The molecular formula is C54H106O3. The minimum atomic E-state index is 0.0478. The zero-order chi connectivity index (χ0) is 41.4. The number of unbranched alkanes of at least 4 members (excludes halogenated alkanes) is 39. The van der Waals surface area contributed by atoms with E-state index in [1.54, 1.807) is 0 Å². The van der Waals surface area contributed by atoms with Crippen molar-refractivity contribution in [3.05, 3.63) is 0 Å². The van der Waals surface area contributed by atoms with Crippen LogP contribution >= 0.6 is 0 Å². The van der Waals surface area contributed by atoms with Gasteiger partial charge in [0.05, 0.1) is 0 Å². The predicted molar refractivity (Wildman–Crippen MR) is 254 cm³/mol. The predicted octanol–water partition coefficient (Wildman–Crippen LogP) is 19.3. The van der Waals surface area contributed by atoms with E-state index in [4.69, 9.17) is 4.74 Å². The molecule has 0 spiro atoms. The summed E-state index contributed by atoms with van der Waals surface area (Å²) in [7, 11) is 0. The van der Waals surface area contributed by atoms with Gasteiger partial charge in [0.2, 0.25) is 0 Å². The summed E-state index contributed by atoms with van der Waals surface area (Å²) in [6.45, 7) is 6.87. The molecule has 0 saturated carbocycles. The standard InChI is InChI=1S/C54H106O3/c1-4-7-10-13-16-18-20-22-24-26-28-30-33-37-42-47-52(55)48-43-38-35-36-40-45-50-53(49-44-39-32-15-12-9-6-3)57-54(56)51-46-41-34-31-29-27-25-23-21-19-17-14-11-8-5-2/h53H,4-51H2,1-3H3. The number of esters is 1. The lowest BCUT2D eigenvalue weighted by atomic mass is 10.0. The van der Waals surface area contributed by atoms with Crippen molar-refractivity contribution in [2.45, 2.75) is 335 Å². The Hall–Kier alpha value is -0.860. The lowest BCUT2D eigenvalue weighted by Crippen LogP contribution is -2.18. The van der Waals surface area contributed by atoms with Gasteiger partial charge in [0, 0.05) is 19.3 Å². The molecule has 0 heterocycles. The Kier molecular flexibility index (Phi) is 48.8. The topological polar surface area (TPSA) is 43.4 Å². The SMILES string of the molecule is CCCCCCCCCCCCCCCCCC(=O)CCCCCCCCC(CCCCCCCCC)OC(=O)CCCCCCCCCCCCCCCCC. The first-order valence-electron chi connectivity index (χ1n) is 26.8. The maximum atomic E-state index is 12.8. The Morgan fingerprint density at radius 2 is 0.491 bits per heavy atom. The molecule has 0 aliphatic rings. The van der Waals surface area contributed by atoms with Crippen LogP contribution in [0.4, 0.5) is 0 Å². The number of hydrogen-bond acceptors (Lipinski definition) is 3. The zero-order valence-corrected chi connectivity index (χ0v) is 39.7. The average Bonchev–Trinajstić information content (AvgIpc) is 3.21. The van der Waals surface area contributed by atoms with E-state index in [-0.39, 0.29) is 12.1 Å². The second kappa shape index (κ2) is 49.5. The van der Waals surface area contributed by atoms with Crippen molar-refractivity contribution in [3.63, 3.8) is 0 Å². The maximum Gasteiger partial charge on any atom is 0.306 e. The molecule has 0 aromatic carbocycles. The quantitative estimate of drug-likeness (QED) is 0.0454. The van der Waals surface area contributed by atoms with Crippen molar-refractivity contribution < 1.29 is 14.3 Å². The fraction of sp³-hybridized carbons (Fsp3) is 0.963. The molecule has 0 rings (SSSR count). The molecule has 0 radical (unpaired) electrons. The van der Waals surface area contributed by atoms with Gasteiger partial charge in [-0.3, -0.25) is 9.59 Å². The first kappa shape index (κ1) is 56.1. The summed E-state index contributed by atoms with van der Waals surface area (Å²) < 4.78 is 6.10. The second-order valence-corrected chi connectivity index (χ2v) is 18.6. The molecule has 0 amide bonds. The van der Waals surface area contributed by atoms with Crippen LogP contribution in [0.2, 0.25) is 0 Å². The summed E-state index contributed by atoms with van der Waals surface area (Å²) in [5.41, 5.74) is 0. The van der Waals surface area contributed by atoms with E-state index >= 15 is 0 Å². The van der Waals surface area contributed by atoms with Gasteiger partial charge in [-0.15, -0.1) is 0 Å². The van der Waals surface area contributed by atoms with Crippen molar-refractivity contribution in [1.82, 2.24) is 0 Å². The number of ether oxygens (including phenoxy) is 1. The minimum absolute atomic E-state index is 0.0478. The highest BCUT2D eigenvalue weighted by Crippen LogP contribution is 2.20.